The van der Waals surface area contributed by atoms with Crippen LogP contribution in [0.25, 0.3) is 32.9 Å². The van der Waals surface area contributed by atoms with Gasteiger partial charge in [-0.3, -0.25) is 19.1 Å². The van der Waals surface area contributed by atoms with E-state index in [1.807, 2.05) is 81.5 Å². The molecular formula is C41H43Cl2N7O4. The first-order chi connectivity index (χ1) is 25.6. The number of carbonyl (C=O) groups is 3. The van der Waals surface area contributed by atoms with E-state index in [9.17, 15) is 9.59 Å². The molecule has 0 bridgehead atoms. The Morgan fingerprint density at radius 1 is 1.00 bits per heavy atom. The first kappa shape index (κ1) is 37.2. The number of anilines is 1. The summed E-state index contributed by atoms with van der Waals surface area (Å²) in [5.74, 6) is 5.17. The number of aryl methyl sites for hydroxylation is 6. The highest BCUT2D eigenvalue weighted by Gasteiger charge is 2.38. The van der Waals surface area contributed by atoms with Gasteiger partial charge in [-0.15, -0.1) is 0 Å². The lowest BCUT2D eigenvalue weighted by Crippen LogP contribution is -2.42. The fourth-order valence-electron chi connectivity index (χ4n) is 7.94. The summed E-state index contributed by atoms with van der Waals surface area (Å²) in [4.78, 5) is 41.9. The largest absolute Gasteiger partial charge is 0.494 e. The quantitative estimate of drug-likeness (QED) is 0.0722. The van der Waals surface area contributed by atoms with Crippen LogP contribution in [0.3, 0.4) is 0 Å². The lowest BCUT2D eigenvalue weighted by molar-refractivity contribution is -0.126. The van der Waals surface area contributed by atoms with E-state index in [0.717, 1.165) is 66.4 Å². The summed E-state index contributed by atoms with van der Waals surface area (Å²) in [6, 6.07) is 12.8. The first-order valence-corrected chi connectivity index (χ1v) is 18.6. The van der Waals surface area contributed by atoms with Crippen molar-refractivity contribution in [2.75, 3.05) is 18.1 Å². The van der Waals surface area contributed by atoms with Gasteiger partial charge in [-0.05, 0) is 101 Å². The molecule has 0 saturated carbocycles. The molecule has 4 heterocycles. The summed E-state index contributed by atoms with van der Waals surface area (Å²) in [5, 5.41) is 8.26. The number of fused-ring (bicyclic) bond motifs is 4. The van der Waals surface area contributed by atoms with Crippen LogP contribution in [0.1, 0.15) is 75.2 Å². The second kappa shape index (κ2) is 14.0. The van der Waals surface area contributed by atoms with Crippen LogP contribution in [-0.4, -0.2) is 54.8 Å². The van der Waals surface area contributed by atoms with E-state index in [1.165, 1.54) is 6.92 Å². The number of ether oxygens (including phenoxy) is 1. The minimum atomic E-state index is -0.628. The second-order valence-electron chi connectivity index (χ2n) is 14.3. The Morgan fingerprint density at radius 2 is 1.70 bits per heavy atom. The van der Waals surface area contributed by atoms with E-state index in [-0.39, 0.29) is 17.5 Å². The van der Waals surface area contributed by atoms with E-state index in [0.29, 0.717) is 52.8 Å². The molecule has 3 aromatic carbocycles. The topological polar surface area (TPSA) is 121 Å². The Kier molecular flexibility index (Phi) is 9.62. The van der Waals surface area contributed by atoms with Crippen LogP contribution < -0.4 is 15.5 Å². The molecule has 54 heavy (non-hydrogen) atoms. The lowest BCUT2D eigenvalue weighted by Gasteiger charge is -2.34. The van der Waals surface area contributed by atoms with Gasteiger partial charge >= 0.3 is 0 Å². The van der Waals surface area contributed by atoms with E-state index < -0.39 is 11.8 Å². The Labute approximate surface area is 323 Å². The zero-order valence-electron chi connectivity index (χ0n) is 31.7. The molecule has 0 spiro atoms. The van der Waals surface area contributed by atoms with Gasteiger partial charge < -0.3 is 18.8 Å². The molecule has 1 atom stereocenters. The van der Waals surface area contributed by atoms with Crippen molar-refractivity contribution in [1.82, 2.24) is 23.9 Å². The maximum absolute atomic E-state index is 15.1. The molecule has 0 saturated heterocycles. The van der Waals surface area contributed by atoms with Crippen molar-refractivity contribution in [2.24, 2.45) is 19.9 Å². The van der Waals surface area contributed by atoms with E-state index in [2.05, 4.69) is 11.5 Å². The van der Waals surface area contributed by atoms with Gasteiger partial charge in [-0.25, -0.2) is 10.9 Å². The van der Waals surface area contributed by atoms with Crippen molar-refractivity contribution in [3.8, 4) is 16.9 Å². The molecule has 3 amide bonds. The number of halogens is 2. The van der Waals surface area contributed by atoms with E-state index in [4.69, 9.17) is 38.9 Å². The van der Waals surface area contributed by atoms with Crippen molar-refractivity contribution in [3.63, 3.8) is 0 Å². The molecule has 6 aromatic rings. The van der Waals surface area contributed by atoms with Crippen molar-refractivity contribution in [3.05, 3.63) is 98.0 Å². The standard InChI is InChI=1S/C41H43Cl2N7O4/c1-21-16-28(17-22(2)37(21)43)54-15-9-10-29-30-12-13-32(42)36(35-24(4)45-47(8)25(35)5)38(30)49-23(3)19-48(41(53)39(29)49)34-20-46(7)33-14-11-27(18-31(33)34)40(52)50(44)26(6)51/h11-14,16-18,20,23H,9-10,15,19,44H2,1-8H3. The average molecular weight is 769 g/mol. The predicted octanol–water partition coefficient (Wildman–Crippen LogP) is 8.17. The van der Waals surface area contributed by atoms with Crippen LogP contribution in [0.2, 0.25) is 10.0 Å². The Hall–Kier alpha value is -5.10. The highest BCUT2D eigenvalue weighted by molar-refractivity contribution is 6.35. The van der Waals surface area contributed by atoms with Crippen LogP contribution in [0, 0.1) is 27.7 Å². The Balaban J connectivity index is 1.36. The summed E-state index contributed by atoms with van der Waals surface area (Å²) in [7, 11) is 3.82. The Bertz CT molecular complexity index is 2520. The van der Waals surface area contributed by atoms with Gasteiger partial charge in [-0.2, -0.15) is 5.10 Å². The third-order valence-corrected chi connectivity index (χ3v) is 11.5. The number of nitrogens with zero attached hydrogens (tertiary/aromatic N) is 6. The number of rotatable bonds is 8. The molecule has 1 aliphatic rings. The highest BCUT2D eigenvalue weighted by atomic mass is 35.5. The molecule has 0 radical (unpaired) electrons. The normalized spacial score (nSPS) is 14.3. The number of amides is 3. The molecule has 2 N–H and O–H groups in total. The van der Waals surface area contributed by atoms with Gasteiger partial charge in [0.25, 0.3) is 11.8 Å². The molecule has 0 aliphatic carbocycles. The van der Waals surface area contributed by atoms with Crippen molar-refractivity contribution in [1.29, 1.82) is 0 Å². The molecule has 280 valence electrons. The van der Waals surface area contributed by atoms with Crippen molar-refractivity contribution in [2.45, 2.75) is 60.4 Å². The second-order valence-corrected chi connectivity index (χ2v) is 15.1. The zero-order valence-corrected chi connectivity index (χ0v) is 33.2. The third kappa shape index (κ3) is 6.04. The summed E-state index contributed by atoms with van der Waals surface area (Å²) in [6.45, 7) is 12.1. The zero-order chi connectivity index (χ0) is 38.9. The van der Waals surface area contributed by atoms with Crippen LogP contribution in [0.15, 0.2) is 48.7 Å². The summed E-state index contributed by atoms with van der Waals surface area (Å²) in [5.41, 5.74) is 9.63. The third-order valence-electron chi connectivity index (χ3n) is 10.6. The molecule has 3 aromatic heterocycles. The average Bonchev–Trinajstić information content (AvgIpc) is 3.73. The van der Waals surface area contributed by atoms with Gasteiger partial charge in [0.15, 0.2) is 0 Å². The summed E-state index contributed by atoms with van der Waals surface area (Å²) < 4.78 is 12.2. The van der Waals surface area contributed by atoms with Crippen molar-refractivity contribution < 1.29 is 19.1 Å². The van der Waals surface area contributed by atoms with Crippen LogP contribution in [-0.2, 0) is 25.3 Å². The molecule has 11 nitrogen and oxygen atoms in total. The van der Waals surface area contributed by atoms with E-state index >= 15 is 4.79 Å². The maximum atomic E-state index is 15.1. The SMILES string of the molecule is CC(=O)N(N)C(=O)c1ccc2c(c1)c(N1CC(C)n3c(c(CCCOc4cc(C)c(Cl)c(C)c4)c4ccc(Cl)c(-c5c(C)nn(C)c5C)c43)C1=O)cn2C. The smallest absolute Gasteiger partial charge is 0.275 e. The van der Waals surface area contributed by atoms with Gasteiger partial charge in [-0.1, -0.05) is 29.3 Å². The van der Waals surface area contributed by atoms with Crippen molar-refractivity contribution >= 4 is 68.4 Å². The monoisotopic (exact) mass is 767 g/mol. The molecular weight excluding hydrogens is 725 g/mol. The van der Waals surface area contributed by atoms with Crippen LogP contribution in [0.5, 0.6) is 5.75 Å². The fraction of sp³-hybridized carbons (Fsp3) is 0.317. The van der Waals surface area contributed by atoms with Gasteiger partial charge in [0.1, 0.15) is 11.4 Å². The molecule has 0 fully saturated rings. The number of hydrogen-bond acceptors (Lipinski definition) is 6. The number of aromatic nitrogens is 4. The highest BCUT2D eigenvalue weighted by Crippen LogP contribution is 2.45. The minimum absolute atomic E-state index is 0.167. The summed E-state index contributed by atoms with van der Waals surface area (Å²) in [6.07, 6.45) is 3.11. The summed E-state index contributed by atoms with van der Waals surface area (Å²) >= 11 is 13.5. The van der Waals surface area contributed by atoms with Crippen LogP contribution >= 0.6 is 23.2 Å². The number of hydrogen-bond donors (Lipinski definition) is 1. The minimum Gasteiger partial charge on any atom is -0.494 e. The van der Waals surface area contributed by atoms with Gasteiger partial charge in [0, 0.05) is 83.5 Å². The number of nitrogens with two attached hydrogens (primary N) is 1. The molecule has 7 rings (SSSR count). The number of carbonyl (C=O) groups excluding carboxylic acids is 3. The maximum Gasteiger partial charge on any atom is 0.275 e. The fourth-order valence-corrected chi connectivity index (χ4v) is 8.29. The number of benzene rings is 3. The van der Waals surface area contributed by atoms with Crippen LogP contribution in [0.4, 0.5) is 5.69 Å². The predicted molar refractivity (Wildman–Crippen MR) is 214 cm³/mol. The number of imide groups is 1. The van der Waals surface area contributed by atoms with Gasteiger partial charge in [0.05, 0.1) is 28.5 Å². The molecule has 13 heteroatoms. The number of hydrazine groups is 1. The molecule has 1 aliphatic heterocycles. The molecule has 1 unspecified atom stereocenters. The Morgan fingerprint density at radius 3 is 2.35 bits per heavy atom. The lowest BCUT2D eigenvalue weighted by atomic mass is 9.98. The van der Waals surface area contributed by atoms with Gasteiger partial charge in [0.2, 0.25) is 5.91 Å². The van der Waals surface area contributed by atoms with E-state index in [1.54, 1.807) is 23.1 Å². The first-order valence-electron chi connectivity index (χ1n) is 17.9.